The standard InChI is InChI=1S/C14H21NO/c1-14(16,11-15-13-7-8-13)10-9-12-5-3-2-4-6-12/h2-6,13,15-16H,7-11H2,1H3. The summed E-state index contributed by atoms with van der Waals surface area (Å²) >= 11 is 0. The van der Waals surface area contributed by atoms with Crippen molar-refractivity contribution in [1.29, 1.82) is 0 Å². The molecule has 1 aromatic carbocycles. The van der Waals surface area contributed by atoms with Crippen LogP contribution in [0.3, 0.4) is 0 Å². The van der Waals surface area contributed by atoms with Crippen molar-refractivity contribution in [1.82, 2.24) is 5.32 Å². The molecule has 88 valence electrons. The molecule has 16 heavy (non-hydrogen) atoms. The van der Waals surface area contributed by atoms with Crippen molar-refractivity contribution in [2.45, 2.75) is 44.2 Å². The number of hydrogen-bond donors (Lipinski definition) is 2. The Hall–Kier alpha value is -0.860. The average Bonchev–Trinajstić information content (AvgIpc) is 3.09. The molecule has 1 atom stereocenters. The molecule has 0 bridgehead atoms. The highest BCUT2D eigenvalue weighted by molar-refractivity contribution is 5.15. The molecule has 1 fully saturated rings. The van der Waals surface area contributed by atoms with E-state index in [0.717, 1.165) is 12.8 Å². The van der Waals surface area contributed by atoms with E-state index in [1.165, 1.54) is 18.4 Å². The minimum atomic E-state index is -0.585. The smallest absolute Gasteiger partial charge is 0.0746 e. The fourth-order valence-electron chi connectivity index (χ4n) is 1.80. The van der Waals surface area contributed by atoms with Gasteiger partial charge in [-0.2, -0.15) is 0 Å². The third-order valence-electron chi connectivity index (χ3n) is 3.14. The van der Waals surface area contributed by atoms with E-state index in [4.69, 9.17) is 0 Å². The van der Waals surface area contributed by atoms with Gasteiger partial charge < -0.3 is 10.4 Å². The third-order valence-corrected chi connectivity index (χ3v) is 3.14. The van der Waals surface area contributed by atoms with Gasteiger partial charge in [0, 0.05) is 12.6 Å². The van der Waals surface area contributed by atoms with E-state index in [1.807, 2.05) is 25.1 Å². The van der Waals surface area contributed by atoms with Crippen LogP contribution in [0.1, 0.15) is 31.7 Å². The Labute approximate surface area is 97.7 Å². The SMILES string of the molecule is CC(O)(CCc1ccccc1)CNC1CC1. The highest BCUT2D eigenvalue weighted by Gasteiger charge is 2.26. The number of aryl methyl sites for hydroxylation is 1. The van der Waals surface area contributed by atoms with Crippen LogP contribution in [0.25, 0.3) is 0 Å². The first-order chi connectivity index (χ1) is 7.66. The summed E-state index contributed by atoms with van der Waals surface area (Å²) in [7, 11) is 0. The predicted octanol–water partition coefficient (Wildman–Crippen LogP) is 2.12. The maximum absolute atomic E-state index is 10.2. The number of aliphatic hydroxyl groups is 1. The van der Waals surface area contributed by atoms with Crippen LogP contribution < -0.4 is 5.32 Å². The van der Waals surface area contributed by atoms with Crippen LogP contribution in [0, 0.1) is 0 Å². The zero-order valence-corrected chi connectivity index (χ0v) is 9.95. The van der Waals surface area contributed by atoms with Crippen molar-refractivity contribution >= 4 is 0 Å². The maximum Gasteiger partial charge on any atom is 0.0746 e. The molecule has 2 rings (SSSR count). The van der Waals surface area contributed by atoms with Gasteiger partial charge in [0.15, 0.2) is 0 Å². The first kappa shape index (κ1) is 11.6. The maximum atomic E-state index is 10.2. The first-order valence-corrected chi connectivity index (χ1v) is 6.15. The summed E-state index contributed by atoms with van der Waals surface area (Å²) in [6.45, 7) is 2.63. The lowest BCUT2D eigenvalue weighted by Gasteiger charge is -2.23. The molecule has 1 unspecified atom stereocenters. The highest BCUT2D eigenvalue weighted by Crippen LogP contribution is 2.20. The average molecular weight is 219 g/mol. The summed E-state index contributed by atoms with van der Waals surface area (Å²) in [6, 6.07) is 11.0. The zero-order chi connectivity index (χ0) is 11.4. The van der Waals surface area contributed by atoms with E-state index >= 15 is 0 Å². The van der Waals surface area contributed by atoms with Gasteiger partial charge in [-0.3, -0.25) is 0 Å². The second-order valence-electron chi connectivity index (χ2n) is 5.14. The molecule has 0 amide bonds. The third kappa shape index (κ3) is 3.95. The summed E-state index contributed by atoms with van der Waals surface area (Å²) in [5.74, 6) is 0. The van der Waals surface area contributed by atoms with E-state index in [-0.39, 0.29) is 0 Å². The molecule has 1 aliphatic carbocycles. The molecule has 1 aromatic rings. The van der Waals surface area contributed by atoms with Gasteiger partial charge in [0.05, 0.1) is 5.60 Å². The lowest BCUT2D eigenvalue weighted by atomic mass is 9.97. The highest BCUT2D eigenvalue weighted by atomic mass is 16.3. The molecule has 2 N–H and O–H groups in total. The van der Waals surface area contributed by atoms with E-state index < -0.39 is 5.60 Å². The molecule has 1 aliphatic rings. The Bertz CT molecular complexity index is 317. The van der Waals surface area contributed by atoms with E-state index in [9.17, 15) is 5.11 Å². The van der Waals surface area contributed by atoms with Crippen molar-refractivity contribution in [2.75, 3.05) is 6.54 Å². The minimum absolute atomic E-state index is 0.585. The topological polar surface area (TPSA) is 32.3 Å². The van der Waals surface area contributed by atoms with E-state index in [2.05, 4.69) is 17.4 Å². The Morgan fingerprint density at radius 3 is 2.62 bits per heavy atom. The first-order valence-electron chi connectivity index (χ1n) is 6.15. The van der Waals surface area contributed by atoms with Crippen molar-refractivity contribution in [2.24, 2.45) is 0 Å². The van der Waals surface area contributed by atoms with Gasteiger partial charge in [-0.15, -0.1) is 0 Å². The van der Waals surface area contributed by atoms with Crippen molar-refractivity contribution in [3.05, 3.63) is 35.9 Å². The number of benzene rings is 1. The summed E-state index contributed by atoms with van der Waals surface area (Å²) in [5, 5.41) is 13.6. The second-order valence-corrected chi connectivity index (χ2v) is 5.14. The van der Waals surface area contributed by atoms with Crippen LogP contribution in [0.15, 0.2) is 30.3 Å². The normalized spacial score (nSPS) is 19.4. The molecule has 1 saturated carbocycles. The Kier molecular flexibility index (Phi) is 3.62. The van der Waals surface area contributed by atoms with Gasteiger partial charge in [0.1, 0.15) is 0 Å². The van der Waals surface area contributed by atoms with Gasteiger partial charge in [-0.1, -0.05) is 30.3 Å². The lowest BCUT2D eigenvalue weighted by Crippen LogP contribution is -2.39. The summed E-state index contributed by atoms with van der Waals surface area (Å²) in [6.07, 6.45) is 4.31. The van der Waals surface area contributed by atoms with Crippen LogP contribution in [0.5, 0.6) is 0 Å². The van der Waals surface area contributed by atoms with Gasteiger partial charge in [-0.05, 0) is 38.2 Å². The van der Waals surface area contributed by atoms with Gasteiger partial charge in [0.25, 0.3) is 0 Å². The number of hydrogen-bond acceptors (Lipinski definition) is 2. The van der Waals surface area contributed by atoms with Gasteiger partial charge >= 0.3 is 0 Å². The summed E-state index contributed by atoms with van der Waals surface area (Å²) in [5.41, 5.74) is 0.715. The van der Waals surface area contributed by atoms with Gasteiger partial charge in [0.2, 0.25) is 0 Å². The van der Waals surface area contributed by atoms with Crippen LogP contribution in [0.4, 0.5) is 0 Å². The van der Waals surface area contributed by atoms with Crippen molar-refractivity contribution in [3.8, 4) is 0 Å². The molecule has 2 nitrogen and oxygen atoms in total. The van der Waals surface area contributed by atoms with Crippen LogP contribution >= 0.6 is 0 Å². The largest absolute Gasteiger partial charge is 0.389 e. The quantitative estimate of drug-likeness (QED) is 0.768. The molecular weight excluding hydrogens is 198 g/mol. The van der Waals surface area contributed by atoms with Crippen molar-refractivity contribution in [3.63, 3.8) is 0 Å². The Morgan fingerprint density at radius 2 is 2.00 bits per heavy atom. The van der Waals surface area contributed by atoms with Gasteiger partial charge in [-0.25, -0.2) is 0 Å². The molecule has 0 aromatic heterocycles. The molecule has 0 radical (unpaired) electrons. The molecule has 0 heterocycles. The Morgan fingerprint density at radius 1 is 1.31 bits per heavy atom. The molecular formula is C14H21NO. The molecule has 0 aliphatic heterocycles. The second kappa shape index (κ2) is 4.98. The summed E-state index contributed by atoms with van der Waals surface area (Å²) in [4.78, 5) is 0. The zero-order valence-electron chi connectivity index (χ0n) is 9.95. The Balaban J connectivity index is 1.74. The van der Waals surface area contributed by atoms with Crippen LogP contribution in [0.2, 0.25) is 0 Å². The molecule has 0 saturated heterocycles. The predicted molar refractivity (Wildman–Crippen MR) is 66.4 cm³/mol. The van der Waals surface area contributed by atoms with Crippen LogP contribution in [-0.2, 0) is 6.42 Å². The minimum Gasteiger partial charge on any atom is -0.389 e. The number of nitrogens with one attached hydrogen (secondary N) is 1. The molecule has 0 spiro atoms. The fourth-order valence-corrected chi connectivity index (χ4v) is 1.80. The van der Waals surface area contributed by atoms with Crippen LogP contribution in [-0.4, -0.2) is 23.3 Å². The van der Waals surface area contributed by atoms with E-state index in [0.29, 0.717) is 12.6 Å². The monoisotopic (exact) mass is 219 g/mol. The summed E-state index contributed by atoms with van der Waals surface area (Å²) < 4.78 is 0. The molecule has 2 heteroatoms. The number of rotatable bonds is 6. The van der Waals surface area contributed by atoms with Crippen molar-refractivity contribution < 1.29 is 5.11 Å². The lowest BCUT2D eigenvalue weighted by molar-refractivity contribution is 0.0507. The fraction of sp³-hybridized carbons (Fsp3) is 0.571. The van der Waals surface area contributed by atoms with E-state index in [1.54, 1.807) is 0 Å².